The number of sulfonamides is 1. The molecule has 0 unspecified atom stereocenters. The van der Waals surface area contributed by atoms with Crippen molar-refractivity contribution in [1.29, 1.82) is 0 Å². The zero-order valence-electron chi connectivity index (χ0n) is 12.4. The third-order valence-electron chi connectivity index (χ3n) is 3.16. The number of rotatable bonds is 4. The van der Waals surface area contributed by atoms with Gasteiger partial charge in [-0.05, 0) is 37.4 Å². The van der Waals surface area contributed by atoms with Crippen molar-refractivity contribution in [2.24, 2.45) is 0 Å². The molecule has 21 heavy (non-hydrogen) atoms. The maximum atomic E-state index is 12.7. The van der Waals surface area contributed by atoms with Gasteiger partial charge >= 0.3 is 0 Å². The van der Waals surface area contributed by atoms with Crippen LogP contribution in [0.15, 0.2) is 41.3 Å². The Bertz CT molecular complexity index is 764. The molecule has 2 aromatic carbocycles. The molecule has 0 aliphatic heterocycles. The minimum atomic E-state index is -3.68. The van der Waals surface area contributed by atoms with E-state index in [4.69, 9.17) is 5.73 Å². The van der Waals surface area contributed by atoms with E-state index in [2.05, 4.69) is 0 Å². The molecule has 2 aromatic rings. The zero-order valence-corrected chi connectivity index (χ0v) is 13.2. The van der Waals surface area contributed by atoms with Crippen molar-refractivity contribution in [3.8, 4) is 0 Å². The first kappa shape index (κ1) is 15.8. The molecule has 114 valence electrons. The van der Waals surface area contributed by atoms with E-state index in [9.17, 15) is 13.5 Å². The molecule has 5 nitrogen and oxygen atoms in total. The lowest BCUT2D eigenvalue weighted by Crippen LogP contribution is -2.39. The number of benzene rings is 2. The van der Waals surface area contributed by atoms with Gasteiger partial charge in [0.05, 0.1) is 10.5 Å². The van der Waals surface area contributed by atoms with E-state index in [0.29, 0.717) is 11.1 Å². The van der Waals surface area contributed by atoms with Gasteiger partial charge in [0, 0.05) is 24.7 Å². The number of aliphatic hydroxyl groups is 1. The first-order chi connectivity index (χ1) is 9.61. The van der Waals surface area contributed by atoms with Gasteiger partial charge in [-0.25, -0.2) is 8.42 Å². The van der Waals surface area contributed by atoms with Crippen LogP contribution in [0.4, 0.5) is 5.69 Å². The smallest absolute Gasteiger partial charge is 0.243 e. The Hall–Kier alpha value is -1.63. The van der Waals surface area contributed by atoms with E-state index < -0.39 is 15.6 Å². The predicted molar refractivity (Wildman–Crippen MR) is 84.5 cm³/mol. The van der Waals surface area contributed by atoms with Crippen molar-refractivity contribution >= 4 is 26.5 Å². The maximum Gasteiger partial charge on any atom is 0.243 e. The van der Waals surface area contributed by atoms with Crippen LogP contribution in [0.5, 0.6) is 0 Å². The highest BCUT2D eigenvalue weighted by Crippen LogP contribution is 2.27. The summed E-state index contributed by atoms with van der Waals surface area (Å²) >= 11 is 0. The second-order valence-electron chi connectivity index (χ2n) is 5.81. The molecule has 2 rings (SSSR count). The van der Waals surface area contributed by atoms with Gasteiger partial charge in [0.2, 0.25) is 10.0 Å². The number of nitrogens with two attached hydrogens (primary N) is 1. The van der Waals surface area contributed by atoms with Gasteiger partial charge < -0.3 is 10.8 Å². The standard InChI is InChI=1S/C15H20N2O3S/c1-15(2,18)10-17(3)21(19,20)14-6-4-5-11-9-12(16)7-8-13(11)14/h4-9,18H,10,16H2,1-3H3. The van der Waals surface area contributed by atoms with Gasteiger partial charge in [0.1, 0.15) is 0 Å². The molecule has 0 aromatic heterocycles. The molecule has 0 spiro atoms. The number of fused-ring (bicyclic) bond motifs is 1. The number of hydrogen-bond acceptors (Lipinski definition) is 4. The summed E-state index contributed by atoms with van der Waals surface area (Å²) in [5, 5.41) is 11.2. The zero-order chi connectivity index (χ0) is 15.8. The molecule has 0 heterocycles. The largest absolute Gasteiger partial charge is 0.399 e. The summed E-state index contributed by atoms with van der Waals surface area (Å²) in [4.78, 5) is 0.215. The fraction of sp³-hybridized carbons (Fsp3) is 0.333. The van der Waals surface area contributed by atoms with Gasteiger partial charge in [0.25, 0.3) is 0 Å². The molecule has 0 saturated carbocycles. The highest BCUT2D eigenvalue weighted by molar-refractivity contribution is 7.89. The lowest BCUT2D eigenvalue weighted by molar-refractivity contribution is 0.0640. The summed E-state index contributed by atoms with van der Waals surface area (Å²) in [5.41, 5.74) is 5.22. The number of anilines is 1. The van der Waals surface area contributed by atoms with E-state index in [1.807, 2.05) is 6.07 Å². The normalized spacial score (nSPS) is 13.0. The Kier molecular flexibility index (Phi) is 3.97. The van der Waals surface area contributed by atoms with E-state index >= 15 is 0 Å². The van der Waals surface area contributed by atoms with Crippen LogP contribution in [0, 0.1) is 0 Å². The Morgan fingerprint density at radius 1 is 1.24 bits per heavy atom. The number of nitrogens with zero attached hydrogens (tertiary/aromatic N) is 1. The molecule has 3 N–H and O–H groups in total. The van der Waals surface area contributed by atoms with Gasteiger partial charge in [-0.2, -0.15) is 4.31 Å². The Balaban J connectivity index is 2.55. The Morgan fingerprint density at radius 2 is 1.90 bits per heavy atom. The van der Waals surface area contributed by atoms with Crippen LogP contribution < -0.4 is 5.73 Å². The lowest BCUT2D eigenvalue weighted by atomic mass is 10.1. The maximum absolute atomic E-state index is 12.7. The highest BCUT2D eigenvalue weighted by Gasteiger charge is 2.27. The van der Waals surface area contributed by atoms with Crippen molar-refractivity contribution in [2.45, 2.75) is 24.3 Å². The summed E-state index contributed by atoms with van der Waals surface area (Å²) in [5.74, 6) is 0. The quantitative estimate of drug-likeness (QED) is 0.844. The summed E-state index contributed by atoms with van der Waals surface area (Å²) in [6, 6.07) is 10.2. The van der Waals surface area contributed by atoms with Gasteiger partial charge in [0.15, 0.2) is 0 Å². The van der Waals surface area contributed by atoms with Crippen molar-refractivity contribution < 1.29 is 13.5 Å². The molecule has 0 aliphatic rings. The van der Waals surface area contributed by atoms with E-state index in [1.165, 1.54) is 7.05 Å². The summed E-state index contributed by atoms with van der Waals surface area (Å²) in [6.45, 7) is 3.16. The molecule has 0 fully saturated rings. The Labute approximate surface area is 125 Å². The molecule has 0 radical (unpaired) electrons. The monoisotopic (exact) mass is 308 g/mol. The van der Waals surface area contributed by atoms with Crippen molar-refractivity contribution in [3.63, 3.8) is 0 Å². The number of likely N-dealkylation sites (N-methyl/N-ethyl adjacent to an activating group) is 1. The van der Waals surface area contributed by atoms with Gasteiger partial charge in [-0.15, -0.1) is 0 Å². The molecule has 0 bridgehead atoms. The number of nitrogen functional groups attached to an aromatic ring is 1. The molecular formula is C15H20N2O3S. The van der Waals surface area contributed by atoms with E-state index in [1.54, 1.807) is 44.2 Å². The third-order valence-corrected chi connectivity index (χ3v) is 5.02. The lowest BCUT2D eigenvalue weighted by Gasteiger charge is -2.25. The topological polar surface area (TPSA) is 83.6 Å². The molecular weight excluding hydrogens is 288 g/mol. The molecule has 6 heteroatoms. The Morgan fingerprint density at radius 3 is 2.52 bits per heavy atom. The second kappa shape index (κ2) is 5.29. The fourth-order valence-electron chi connectivity index (χ4n) is 2.30. The fourth-order valence-corrected chi connectivity index (χ4v) is 3.83. The van der Waals surface area contributed by atoms with Crippen LogP contribution in [0.25, 0.3) is 10.8 Å². The van der Waals surface area contributed by atoms with Crippen LogP contribution in [-0.2, 0) is 10.0 Å². The average molecular weight is 308 g/mol. The van der Waals surface area contributed by atoms with Gasteiger partial charge in [-0.3, -0.25) is 0 Å². The highest BCUT2D eigenvalue weighted by atomic mass is 32.2. The van der Waals surface area contributed by atoms with Crippen LogP contribution in [-0.4, -0.2) is 37.0 Å². The van der Waals surface area contributed by atoms with Crippen molar-refractivity contribution in [3.05, 3.63) is 36.4 Å². The van der Waals surface area contributed by atoms with E-state index in [-0.39, 0.29) is 11.4 Å². The second-order valence-corrected chi connectivity index (χ2v) is 7.82. The van der Waals surface area contributed by atoms with Gasteiger partial charge in [-0.1, -0.05) is 18.2 Å². The SMILES string of the molecule is CN(CC(C)(C)O)S(=O)(=O)c1cccc2cc(N)ccc12. The first-order valence-corrected chi connectivity index (χ1v) is 8.02. The van der Waals surface area contributed by atoms with Crippen LogP contribution >= 0.6 is 0 Å². The molecule has 0 aliphatic carbocycles. The minimum absolute atomic E-state index is 0.0146. The molecule has 0 saturated heterocycles. The minimum Gasteiger partial charge on any atom is -0.399 e. The van der Waals surface area contributed by atoms with E-state index in [0.717, 1.165) is 9.69 Å². The van der Waals surface area contributed by atoms with Crippen molar-refractivity contribution in [1.82, 2.24) is 4.31 Å². The number of hydrogen-bond donors (Lipinski definition) is 2. The average Bonchev–Trinajstić information content (AvgIpc) is 2.35. The first-order valence-electron chi connectivity index (χ1n) is 6.58. The third kappa shape index (κ3) is 3.34. The summed E-state index contributed by atoms with van der Waals surface area (Å²) in [6.07, 6.45) is 0. The summed E-state index contributed by atoms with van der Waals surface area (Å²) < 4.78 is 26.5. The van der Waals surface area contributed by atoms with Crippen LogP contribution in [0.1, 0.15) is 13.8 Å². The molecule has 0 atom stereocenters. The van der Waals surface area contributed by atoms with Crippen LogP contribution in [0.3, 0.4) is 0 Å². The van der Waals surface area contributed by atoms with Crippen LogP contribution in [0.2, 0.25) is 0 Å². The predicted octanol–water partition coefficient (Wildman–Crippen LogP) is 1.81. The molecule has 0 amide bonds. The summed E-state index contributed by atoms with van der Waals surface area (Å²) in [7, 11) is -2.22. The van der Waals surface area contributed by atoms with Crippen molar-refractivity contribution in [2.75, 3.05) is 19.3 Å².